The molecule has 0 radical (unpaired) electrons. The van der Waals surface area contributed by atoms with Crippen LogP contribution in [0.15, 0.2) is 5.38 Å². The van der Waals surface area contributed by atoms with Gasteiger partial charge in [-0.05, 0) is 6.92 Å². The second-order valence-electron chi connectivity index (χ2n) is 2.72. The third-order valence-corrected chi connectivity index (χ3v) is 2.54. The molecule has 1 aromatic heterocycles. The highest BCUT2D eigenvalue weighted by molar-refractivity contribution is 7.09. The highest BCUT2D eigenvalue weighted by atomic mass is 35.5. The van der Waals surface area contributed by atoms with Crippen LogP contribution >= 0.6 is 22.9 Å². The van der Waals surface area contributed by atoms with Crippen LogP contribution in [-0.2, 0) is 11.3 Å². The number of nitrogens with one attached hydrogen (secondary N) is 2. The monoisotopic (exact) mass is 247 g/mol. The third kappa shape index (κ3) is 4.26. The number of carbonyl (C=O) groups excluding carboxylic acids is 2. The van der Waals surface area contributed by atoms with Crippen LogP contribution in [0.2, 0.25) is 0 Å². The number of rotatable bonds is 3. The minimum Gasteiger partial charge on any atom is -0.332 e. The Balaban J connectivity index is 2.31. The SMILES string of the molecule is Cc1nc(CNC(=O)NC(=O)CCl)cs1. The second-order valence-corrected chi connectivity index (χ2v) is 4.05. The molecule has 0 bridgehead atoms. The molecule has 82 valence electrons. The number of nitrogens with zero attached hydrogens (tertiary/aromatic N) is 1. The minimum absolute atomic E-state index is 0.233. The van der Waals surface area contributed by atoms with Crippen molar-refractivity contribution in [3.8, 4) is 0 Å². The van der Waals surface area contributed by atoms with Crippen molar-refractivity contribution in [3.05, 3.63) is 16.1 Å². The van der Waals surface area contributed by atoms with Crippen LogP contribution in [0.5, 0.6) is 0 Å². The molecule has 1 aromatic rings. The summed E-state index contributed by atoms with van der Waals surface area (Å²) < 4.78 is 0. The van der Waals surface area contributed by atoms with Gasteiger partial charge >= 0.3 is 6.03 Å². The van der Waals surface area contributed by atoms with E-state index in [1.807, 2.05) is 12.3 Å². The zero-order valence-electron chi connectivity index (χ0n) is 8.04. The number of aryl methyl sites for hydroxylation is 1. The lowest BCUT2D eigenvalue weighted by Gasteiger charge is -2.02. The van der Waals surface area contributed by atoms with Crippen molar-refractivity contribution in [3.63, 3.8) is 0 Å². The summed E-state index contributed by atoms with van der Waals surface area (Å²) in [6, 6.07) is -0.564. The second kappa shape index (κ2) is 5.67. The molecule has 3 amide bonds. The molecule has 0 spiro atoms. The highest BCUT2D eigenvalue weighted by Crippen LogP contribution is 2.06. The van der Waals surface area contributed by atoms with Crippen molar-refractivity contribution in [2.75, 3.05) is 5.88 Å². The van der Waals surface area contributed by atoms with Gasteiger partial charge in [-0.15, -0.1) is 22.9 Å². The molecule has 2 N–H and O–H groups in total. The van der Waals surface area contributed by atoms with E-state index in [1.54, 1.807) is 0 Å². The average molecular weight is 248 g/mol. The molecule has 0 saturated heterocycles. The lowest BCUT2D eigenvalue weighted by atomic mass is 10.5. The maximum Gasteiger partial charge on any atom is 0.321 e. The van der Waals surface area contributed by atoms with Crippen LogP contribution in [-0.4, -0.2) is 22.8 Å². The molecule has 7 heteroatoms. The number of aromatic nitrogens is 1. The summed E-state index contributed by atoms with van der Waals surface area (Å²) in [7, 11) is 0. The van der Waals surface area contributed by atoms with E-state index in [0.29, 0.717) is 6.54 Å². The van der Waals surface area contributed by atoms with Gasteiger partial charge in [-0.2, -0.15) is 0 Å². The predicted molar refractivity (Wildman–Crippen MR) is 57.9 cm³/mol. The first-order chi connectivity index (χ1) is 7.11. The summed E-state index contributed by atoms with van der Waals surface area (Å²) >= 11 is 6.72. The third-order valence-electron chi connectivity index (χ3n) is 1.47. The Labute approximate surface area is 95.8 Å². The maximum atomic E-state index is 11.1. The fraction of sp³-hybridized carbons (Fsp3) is 0.375. The van der Waals surface area contributed by atoms with Crippen LogP contribution in [0, 0.1) is 6.92 Å². The van der Waals surface area contributed by atoms with Crippen molar-refractivity contribution in [2.45, 2.75) is 13.5 Å². The molecule has 0 fully saturated rings. The number of hydrogen-bond acceptors (Lipinski definition) is 4. The maximum absolute atomic E-state index is 11.1. The average Bonchev–Trinajstić information content (AvgIpc) is 2.61. The lowest BCUT2D eigenvalue weighted by molar-refractivity contribution is -0.117. The first-order valence-corrected chi connectivity index (χ1v) is 5.58. The van der Waals surface area contributed by atoms with E-state index in [1.165, 1.54) is 11.3 Å². The highest BCUT2D eigenvalue weighted by Gasteiger charge is 2.06. The summed E-state index contributed by atoms with van der Waals surface area (Å²) in [6.45, 7) is 2.18. The molecule has 0 aliphatic carbocycles. The zero-order valence-corrected chi connectivity index (χ0v) is 9.61. The Bertz CT molecular complexity index is 367. The van der Waals surface area contributed by atoms with Crippen molar-refractivity contribution >= 4 is 34.9 Å². The zero-order chi connectivity index (χ0) is 11.3. The van der Waals surface area contributed by atoms with Gasteiger partial charge in [0.15, 0.2) is 0 Å². The van der Waals surface area contributed by atoms with E-state index in [-0.39, 0.29) is 5.88 Å². The van der Waals surface area contributed by atoms with Gasteiger partial charge in [-0.3, -0.25) is 10.1 Å². The van der Waals surface area contributed by atoms with E-state index in [9.17, 15) is 9.59 Å². The predicted octanol–water partition coefficient (Wildman–Crippen LogP) is 1.02. The van der Waals surface area contributed by atoms with Crippen LogP contribution in [0.4, 0.5) is 4.79 Å². The molecule has 0 aliphatic heterocycles. The molecule has 0 unspecified atom stereocenters. The van der Waals surface area contributed by atoms with Gasteiger partial charge in [-0.1, -0.05) is 0 Å². The largest absolute Gasteiger partial charge is 0.332 e. The Hall–Kier alpha value is -1.14. The van der Waals surface area contributed by atoms with Gasteiger partial charge < -0.3 is 5.32 Å². The Morgan fingerprint density at radius 2 is 2.33 bits per heavy atom. The summed E-state index contributed by atoms with van der Waals surface area (Å²) in [5, 5.41) is 7.33. The summed E-state index contributed by atoms with van der Waals surface area (Å²) in [5.41, 5.74) is 0.769. The summed E-state index contributed by atoms with van der Waals surface area (Å²) in [6.07, 6.45) is 0. The van der Waals surface area contributed by atoms with Crippen molar-refractivity contribution < 1.29 is 9.59 Å². The van der Waals surface area contributed by atoms with E-state index in [0.717, 1.165) is 10.7 Å². The van der Waals surface area contributed by atoms with Crippen molar-refractivity contribution in [1.82, 2.24) is 15.6 Å². The number of amides is 3. The Kier molecular flexibility index (Phi) is 4.51. The number of imide groups is 1. The van der Waals surface area contributed by atoms with E-state index in [4.69, 9.17) is 11.6 Å². The number of alkyl halides is 1. The fourth-order valence-corrected chi connectivity index (χ4v) is 1.54. The first-order valence-electron chi connectivity index (χ1n) is 4.16. The number of urea groups is 1. The van der Waals surface area contributed by atoms with Crippen LogP contribution in [0.1, 0.15) is 10.7 Å². The Morgan fingerprint density at radius 3 is 2.87 bits per heavy atom. The fourth-order valence-electron chi connectivity index (χ4n) is 0.864. The molecule has 5 nitrogen and oxygen atoms in total. The van der Waals surface area contributed by atoms with Crippen LogP contribution in [0.25, 0.3) is 0 Å². The molecule has 1 heterocycles. The lowest BCUT2D eigenvalue weighted by Crippen LogP contribution is -2.39. The molecule has 0 atom stereocenters. The molecule has 1 rings (SSSR count). The van der Waals surface area contributed by atoms with E-state index >= 15 is 0 Å². The number of hydrogen-bond donors (Lipinski definition) is 2. The molecular formula is C8H10ClN3O2S. The Morgan fingerprint density at radius 1 is 1.60 bits per heavy atom. The van der Waals surface area contributed by atoms with Gasteiger partial charge in [0.2, 0.25) is 5.91 Å². The van der Waals surface area contributed by atoms with Gasteiger partial charge in [0.1, 0.15) is 5.88 Å². The first kappa shape index (κ1) is 11.9. The van der Waals surface area contributed by atoms with Gasteiger partial charge in [0.05, 0.1) is 17.2 Å². The smallest absolute Gasteiger partial charge is 0.321 e. The molecular weight excluding hydrogens is 238 g/mol. The normalized spacial score (nSPS) is 9.73. The number of thiazole rings is 1. The van der Waals surface area contributed by atoms with Gasteiger partial charge in [0, 0.05) is 5.38 Å². The van der Waals surface area contributed by atoms with Crippen molar-refractivity contribution in [2.24, 2.45) is 0 Å². The quantitative estimate of drug-likeness (QED) is 0.784. The van der Waals surface area contributed by atoms with E-state index in [2.05, 4.69) is 15.6 Å². The van der Waals surface area contributed by atoms with Gasteiger partial charge in [0.25, 0.3) is 0 Å². The van der Waals surface area contributed by atoms with Crippen LogP contribution < -0.4 is 10.6 Å². The molecule has 0 aromatic carbocycles. The molecule has 0 saturated carbocycles. The number of carbonyl (C=O) groups is 2. The number of halogens is 1. The van der Waals surface area contributed by atoms with Crippen LogP contribution in [0.3, 0.4) is 0 Å². The van der Waals surface area contributed by atoms with Gasteiger partial charge in [-0.25, -0.2) is 9.78 Å². The minimum atomic E-state index is -0.564. The summed E-state index contributed by atoms with van der Waals surface area (Å²) in [5.74, 6) is -0.757. The molecule has 15 heavy (non-hydrogen) atoms. The molecule has 0 aliphatic rings. The topological polar surface area (TPSA) is 71.1 Å². The standard InChI is InChI=1S/C8H10ClN3O2S/c1-5-11-6(4-15-5)3-10-8(14)12-7(13)2-9/h4H,2-3H2,1H3,(H2,10,12,13,14). The van der Waals surface area contributed by atoms with Crippen molar-refractivity contribution in [1.29, 1.82) is 0 Å². The summed E-state index contributed by atoms with van der Waals surface area (Å²) in [4.78, 5) is 25.9. The van der Waals surface area contributed by atoms with E-state index < -0.39 is 11.9 Å².